The largest absolute Gasteiger partial charge is 0.481 e. The van der Waals surface area contributed by atoms with Crippen LogP contribution in [0, 0.1) is 12.8 Å². The van der Waals surface area contributed by atoms with Crippen LogP contribution < -0.4 is 0 Å². The summed E-state index contributed by atoms with van der Waals surface area (Å²) in [4.78, 5) is 15.6. The fourth-order valence-corrected chi connectivity index (χ4v) is 4.56. The van der Waals surface area contributed by atoms with Crippen molar-refractivity contribution < 1.29 is 18.3 Å². The summed E-state index contributed by atoms with van der Waals surface area (Å²) in [6, 6.07) is 10.6. The maximum absolute atomic E-state index is 12.7. The molecule has 0 bridgehead atoms. The molecule has 1 aliphatic rings. The van der Waals surface area contributed by atoms with Crippen LogP contribution in [0.15, 0.2) is 53.7 Å². The molecule has 24 heavy (non-hydrogen) atoms. The summed E-state index contributed by atoms with van der Waals surface area (Å²) in [6.07, 6.45) is 2.78. The van der Waals surface area contributed by atoms with E-state index in [0.29, 0.717) is 0 Å². The van der Waals surface area contributed by atoms with Crippen LogP contribution in [-0.2, 0) is 14.8 Å². The summed E-state index contributed by atoms with van der Waals surface area (Å²) in [5.41, 5.74) is 1.87. The number of aryl methyl sites for hydroxylation is 1. The minimum absolute atomic E-state index is 0.0365. The Balaban J connectivity index is 1.95. The van der Waals surface area contributed by atoms with E-state index in [9.17, 15) is 18.3 Å². The Kier molecular flexibility index (Phi) is 4.38. The molecule has 7 heteroatoms. The van der Waals surface area contributed by atoms with Gasteiger partial charge in [0.2, 0.25) is 10.0 Å². The number of pyridine rings is 1. The Labute approximate surface area is 140 Å². The number of aliphatic carboxylic acids is 1. The van der Waals surface area contributed by atoms with Gasteiger partial charge in [-0.15, -0.1) is 0 Å². The Hall–Kier alpha value is -2.25. The normalized spacial score (nSPS) is 21.7. The van der Waals surface area contributed by atoms with Crippen molar-refractivity contribution in [2.75, 3.05) is 13.1 Å². The highest BCUT2D eigenvalue weighted by atomic mass is 32.2. The molecule has 0 amide bonds. The number of benzene rings is 1. The Bertz CT molecular complexity index is 852. The summed E-state index contributed by atoms with van der Waals surface area (Å²) < 4.78 is 26.7. The zero-order chi connectivity index (χ0) is 17.3. The number of carboxylic acid groups (broad SMARTS) is 1. The smallest absolute Gasteiger partial charge is 0.308 e. The van der Waals surface area contributed by atoms with Gasteiger partial charge in [0.1, 0.15) is 4.90 Å². The van der Waals surface area contributed by atoms with E-state index in [1.54, 1.807) is 6.07 Å². The minimum atomic E-state index is -3.75. The topological polar surface area (TPSA) is 87.6 Å². The van der Waals surface area contributed by atoms with E-state index in [1.807, 2.05) is 31.2 Å². The van der Waals surface area contributed by atoms with E-state index in [2.05, 4.69) is 4.98 Å². The molecule has 2 heterocycles. The molecule has 3 rings (SSSR count). The monoisotopic (exact) mass is 346 g/mol. The number of nitrogens with zero attached hydrogens (tertiary/aromatic N) is 2. The molecular weight excluding hydrogens is 328 g/mol. The number of carbonyl (C=O) groups is 1. The third-order valence-corrected chi connectivity index (χ3v) is 6.16. The predicted octanol–water partition coefficient (Wildman–Crippen LogP) is 1.88. The summed E-state index contributed by atoms with van der Waals surface area (Å²) in [5.74, 6) is -2.11. The van der Waals surface area contributed by atoms with Gasteiger partial charge in [-0.1, -0.05) is 29.8 Å². The van der Waals surface area contributed by atoms with Crippen LogP contribution in [0.2, 0.25) is 0 Å². The molecule has 2 aromatic rings. The van der Waals surface area contributed by atoms with Gasteiger partial charge in [-0.3, -0.25) is 9.78 Å². The Morgan fingerprint density at radius 3 is 2.67 bits per heavy atom. The molecule has 1 saturated heterocycles. The van der Waals surface area contributed by atoms with E-state index in [4.69, 9.17) is 0 Å². The lowest BCUT2D eigenvalue weighted by Crippen LogP contribution is -2.30. The highest BCUT2D eigenvalue weighted by molar-refractivity contribution is 7.89. The molecular formula is C17H18N2O4S. The zero-order valence-electron chi connectivity index (χ0n) is 13.2. The van der Waals surface area contributed by atoms with E-state index in [0.717, 1.165) is 11.1 Å². The van der Waals surface area contributed by atoms with Gasteiger partial charge in [-0.2, -0.15) is 4.31 Å². The lowest BCUT2D eigenvalue weighted by Gasteiger charge is -2.16. The summed E-state index contributed by atoms with van der Waals surface area (Å²) in [7, 11) is -3.75. The Morgan fingerprint density at radius 2 is 2.04 bits per heavy atom. The second kappa shape index (κ2) is 6.33. The first-order valence-electron chi connectivity index (χ1n) is 7.59. The van der Waals surface area contributed by atoms with Crippen molar-refractivity contribution in [1.29, 1.82) is 0 Å². The van der Waals surface area contributed by atoms with Crippen LogP contribution in [-0.4, -0.2) is 41.9 Å². The lowest BCUT2D eigenvalue weighted by atomic mass is 9.88. The molecule has 0 radical (unpaired) electrons. The zero-order valence-corrected chi connectivity index (χ0v) is 14.0. The van der Waals surface area contributed by atoms with Crippen molar-refractivity contribution in [3.8, 4) is 0 Å². The van der Waals surface area contributed by atoms with Gasteiger partial charge in [0.05, 0.1) is 5.92 Å². The Morgan fingerprint density at radius 1 is 1.25 bits per heavy atom. The fraction of sp³-hybridized carbons (Fsp3) is 0.294. The average Bonchev–Trinajstić information content (AvgIpc) is 3.02. The molecule has 126 valence electrons. The van der Waals surface area contributed by atoms with Crippen molar-refractivity contribution in [2.45, 2.75) is 17.7 Å². The predicted molar refractivity (Wildman–Crippen MR) is 88.0 cm³/mol. The van der Waals surface area contributed by atoms with E-state index in [-0.39, 0.29) is 23.9 Å². The molecule has 1 fully saturated rings. The van der Waals surface area contributed by atoms with Crippen LogP contribution in [0.5, 0.6) is 0 Å². The number of aromatic nitrogens is 1. The highest BCUT2D eigenvalue weighted by Gasteiger charge is 2.43. The van der Waals surface area contributed by atoms with E-state index < -0.39 is 21.9 Å². The number of hydrogen-bond acceptors (Lipinski definition) is 4. The van der Waals surface area contributed by atoms with Gasteiger partial charge in [0.25, 0.3) is 0 Å². The van der Waals surface area contributed by atoms with E-state index in [1.165, 1.54) is 22.8 Å². The SMILES string of the molecule is Cc1cccc([C@@H]2CN(S(=O)(=O)c3cccnc3)C[C@H]2C(=O)O)c1. The molecule has 6 nitrogen and oxygen atoms in total. The van der Waals surface area contributed by atoms with Crippen LogP contribution in [0.4, 0.5) is 0 Å². The van der Waals surface area contributed by atoms with Crippen molar-refractivity contribution in [2.24, 2.45) is 5.92 Å². The van der Waals surface area contributed by atoms with Crippen molar-refractivity contribution >= 4 is 16.0 Å². The van der Waals surface area contributed by atoms with Crippen LogP contribution in [0.3, 0.4) is 0 Å². The van der Waals surface area contributed by atoms with E-state index >= 15 is 0 Å². The van der Waals surface area contributed by atoms with Gasteiger partial charge < -0.3 is 5.11 Å². The average molecular weight is 346 g/mol. The second-order valence-electron chi connectivity index (χ2n) is 5.98. The van der Waals surface area contributed by atoms with Crippen LogP contribution in [0.1, 0.15) is 17.0 Å². The van der Waals surface area contributed by atoms with Gasteiger partial charge in [0, 0.05) is 31.4 Å². The third kappa shape index (κ3) is 3.05. The molecule has 0 aliphatic carbocycles. The maximum Gasteiger partial charge on any atom is 0.308 e. The fourth-order valence-electron chi connectivity index (χ4n) is 3.10. The van der Waals surface area contributed by atoms with Gasteiger partial charge in [0.15, 0.2) is 0 Å². The van der Waals surface area contributed by atoms with Gasteiger partial charge in [-0.05, 0) is 24.6 Å². The molecule has 0 unspecified atom stereocenters. The number of rotatable bonds is 4. The summed E-state index contributed by atoms with van der Waals surface area (Å²) in [6.45, 7) is 2.04. The maximum atomic E-state index is 12.7. The number of hydrogen-bond donors (Lipinski definition) is 1. The van der Waals surface area contributed by atoms with Crippen molar-refractivity contribution in [3.63, 3.8) is 0 Å². The van der Waals surface area contributed by atoms with Crippen molar-refractivity contribution in [1.82, 2.24) is 9.29 Å². The van der Waals surface area contributed by atoms with Crippen LogP contribution >= 0.6 is 0 Å². The molecule has 0 spiro atoms. The molecule has 1 N–H and O–H groups in total. The van der Waals surface area contributed by atoms with Crippen LogP contribution in [0.25, 0.3) is 0 Å². The minimum Gasteiger partial charge on any atom is -0.481 e. The molecule has 0 saturated carbocycles. The first-order valence-corrected chi connectivity index (χ1v) is 9.03. The number of sulfonamides is 1. The summed E-state index contributed by atoms with van der Waals surface area (Å²) in [5, 5.41) is 9.53. The first kappa shape index (κ1) is 16.6. The quantitative estimate of drug-likeness (QED) is 0.913. The molecule has 1 aromatic carbocycles. The molecule has 1 aliphatic heterocycles. The number of carboxylic acids is 1. The highest BCUT2D eigenvalue weighted by Crippen LogP contribution is 2.36. The van der Waals surface area contributed by atoms with Gasteiger partial charge in [-0.25, -0.2) is 8.42 Å². The lowest BCUT2D eigenvalue weighted by molar-refractivity contribution is -0.141. The molecule has 2 atom stereocenters. The molecule has 1 aromatic heterocycles. The summed E-state index contributed by atoms with van der Waals surface area (Å²) >= 11 is 0. The third-order valence-electron chi connectivity index (χ3n) is 4.35. The standard InChI is InChI=1S/C17H18N2O4S/c1-12-4-2-5-13(8-12)15-10-19(11-16(15)17(20)21)24(22,23)14-6-3-7-18-9-14/h2-9,15-16H,10-11H2,1H3,(H,20,21)/t15-,16+/m0/s1. The second-order valence-corrected chi connectivity index (χ2v) is 7.91. The van der Waals surface area contributed by atoms with Gasteiger partial charge >= 0.3 is 5.97 Å². The van der Waals surface area contributed by atoms with Crippen molar-refractivity contribution in [3.05, 3.63) is 59.9 Å². The first-order chi connectivity index (χ1) is 11.4.